The Labute approximate surface area is 129 Å². The number of aryl methyl sites for hydroxylation is 1. The predicted molar refractivity (Wildman–Crippen MR) is 89.8 cm³/mol. The zero-order chi connectivity index (χ0) is 15.0. The molecule has 1 heterocycles. The summed E-state index contributed by atoms with van der Waals surface area (Å²) in [6.07, 6.45) is 3.73. The first-order valence-corrected chi connectivity index (χ1v) is 8.43. The molecule has 1 aromatic heterocycles. The number of amides is 1. The number of carbonyl (C=O) groups excluding carboxylic acids is 1. The molecule has 0 saturated heterocycles. The molecule has 2 unspecified atom stereocenters. The van der Waals surface area contributed by atoms with Crippen molar-refractivity contribution in [2.24, 2.45) is 11.8 Å². The van der Waals surface area contributed by atoms with Crippen molar-refractivity contribution in [1.82, 2.24) is 5.32 Å². The minimum absolute atomic E-state index is 0.0223. The number of hydrogen-bond donors (Lipinski definition) is 2. The van der Waals surface area contributed by atoms with Crippen molar-refractivity contribution in [3.05, 3.63) is 28.6 Å². The van der Waals surface area contributed by atoms with E-state index in [1.165, 1.54) is 36.2 Å². The van der Waals surface area contributed by atoms with Gasteiger partial charge in [0.05, 0.1) is 5.69 Å². The Morgan fingerprint density at radius 1 is 1.43 bits per heavy atom. The molecule has 0 radical (unpaired) electrons. The number of carbonyl (C=O) groups is 1. The van der Waals surface area contributed by atoms with Gasteiger partial charge in [-0.3, -0.25) is 4.79 Å². The van der Waals surface area contributed by atoms with Gasteiger partial charge in [-0.05, 0) is 43.7 Å². The fourth-order valence-electron chi connectivity index (χ4n) is 3.23. The van der Waals surface area contributed by atoms with E-state index >= 15 is 0 Å². The lowest BCUT2D eigenvalue weighted by atomic mass is 10.1. The zero-order valence-corrected chi connectivity index (χ0v) is 13.4. The van der Waals surface area contributed by atoms with Gasteiger partial charge >= 0.3 is 0 Å². The number of benzene rings is 1. The summed E-state index contributed by atoms with van der Waals surface area (Å²) in [6.45, 7) is 5.10. The zero-order valence-electron chi connectivity index (χ0n) is 12.6. The second-order valence-electron chi connectivity index (χ2n) is 6.34. The van der Waals surface area contributed by atoms with Crippen molar-refractivity contribution in [3.8, 4) is 0 Å². The highest BCUT2D eigenvalue weighted by molar-refractivity contribution is 7.21. The van der Waals surface area contributed by atoms with Crippen LogP contribution in [-0.4, -0.2) is 12.5 Å². The number of rotatable bonds is 3. The second kappa shape index (κ2) is 5.68. The quantitative estimate of drug-likeness (QED) is 0.901. The van der Waals surface area contributed by atoms with Crippen LogP contribution in [0.5, 0.6) is 0 Å². The fourth-order valence-corrected chi connectivity index (χ4v) is 4.25. The molecule has 0 aliphatic heterocycles. The maximum atomic E-state index is 12.4. The summed E-state index contributed by atoms with van der Waals surface area (Å²) in [5.41, 5.74) is 7.95. The summed E-state index contributed by atoms with van der Waals surface area (Å²) in [5, 5.41) is 4.07. The molecule has 3 rings (SSSR count). The Balaban J connectivity index is 1.74. The van der Waals surface area contributed by atoms with Crippen molar-refractivity contribution >= 4 is 33.0 Å². The van der Waals surface area contributed by atoms with Gasteiger partial charge in [-0.2, -0.15) is 0 Å². The number of anilines is 1. The van der Waals surface area contributed by atoms with Crippen molar-refractivity contribution < 1.29 is 4.79 Å². The molecule has 1 fully saturated rings. The predicted octanol–water partition coefficient (Wildman–Crippen LogP) is 3.96. The van der Waals surface area contributed by atoms with Gasteiger partial charge in [0, 0.05) is 16.6 Å². The number of thiophene rings is 1. The van der Waals surface area contributed by atoms with Gasteiger partial charge in [0.2, 0.25) is 0 Å². The number of nitrogens with two attached hydrogens (primary N) is 1. The standard InChI is InChI=1S/C17H22N2OS/c1-10-3-5-12(7-10)9-19-17(20)16-15(18)13-8-11(2)4-6-14(13)21-16/h4,6,8,10,12H,3,5,7,9,18H2,1-2H3,(H,19,20). The lowest BCUT2D eigenvalue weighted by Gasteiger charge is -2.10. The fraction of sp³-hybridized carbons (Fsp3) is 0.471. The maximum Gasteiger partial charge on any atom is 0.263 e. The topological polar surface area (TPSA) is 55.1 Å². The molecule has 3 N–H and O–H groups in total. The molecule has 112 valence electrons. The largest absolute Gasteiger partial charge is 0.397 e. The summed E-state index contributed by atoms with van der Waals surface area (Å²) in [7, 11) is 0. The number of fused-ring (bicyclic) bond motifs is 1. The summed E-state index contributed by atoms with van der Waals surface area (Å²) < 4.78 is 1.08. The van der Waals surface area contributed by atoms with Crippen LogP contribution < -0.4 is 11.1 Å². The molecular formula is C17H22N2OS. The van der Waals surface area contributed by atoms with Crippen LogP contribution in [-0.2, 0) is 0 Å². The lowest BCUT2D eigenvalue weighted by molar-refractivity contribution is 0.0952. The van der Waals surface area contributed by atoms with Crippen LogP contribution in [0.25, 0.3) is 10.1 Å². The maximum absolute atomic E-state index is 12.4. The Morgan fingerprint density at radius 2 is 2.24 bits per heavy atom. The van der Waals surface area contributed by atoms with E-state index in [2.05, 4.69) is 24.4 Å². The SMILES string of the molecule is Cc1ccc2sc(C(=O)NCC3CCC(C)C3)c(N)c2c1. The average Bonchev–Trinajstić information content (AvgIpc) is 3.01. The molecule has 3 nitrogen and oxygen atoms in total. The lowest BCUT2D eigenvalue weighted by Crippen LogP contribution is -2.28. The van der Waals surface area contributed by atoms with Crippen LogP contribution in [0.2, 0.25) is 0 Å². The molecule has 0 spiro atoms. The Kier molecular flexibility index (Phi) is 3.89. The normalized spacial score (nSPS) is 21.8. The number of hydrogen-bond acceptors (Lipinski definition) is 3. The molecule has 1 amide bonds. The van der Waals surface area contributed by atoms with Crippen LogP contribution >= 0.6 is 11.3 Å². The third-order valence-corrected chi connectivity index (χ3v) is 5.63. The van der Waals surface area contributed by atoms with Crippen molar-refractivity contribution in [2.45, 2.75) is 33.1 Å². The van der Waals surface area contributed by atoms with Crippen molar-refractivity contribution in [2.75, 3.05) is 12.3 Å². The van der Waals surface area contributed by atoms with Crippen LogP contribution in [0, 0.1) is 18.8 Å². The molecule has 21 heavy (non-hydrogen) atoms. The highest BCUT2D eigenvalue weighted by Gasteiger charge is 2.23. The molecule has 1 aromatic carbocycles. The minimum atomic E-state index is -0.0223. The summed E-state index contributed by atoms with van der Waals surface area (Å²) in [6, 6.07) is 6.15. The van der Waals surface area contributed by atoms with Crippen LogP contribution in [0.4, 0.5) is 5.69 Å². The van der Waals surface area contributed by atoms with Gasteiger partial charge in [-0.1, -0.05) is 25.0 Å². The van der Waals surface area contributed by atoms with E-state index < -0.39 is 0 Å². The molecule has 2 aromatic rings. The monoisotopic (exact) mass is 302 g/mol. The third kappa shape index (κ3) is 2.91. The molecule has 0 bridgehead atoms. The third-order valence-electron chi connectivity index (χ3n) is 4.44. The van der Waals surface area contributed by atoms with Gasteiger partial charge in [0.15, 0.2) is 0 Å². The first-order chi connectivity index (χ1) is 10.0. The van der Waals surface area contributed by atoms with Crippen molar-refractivity contribution in [3.63, 3.8) is 0 Å². The van der Waals surface area contributed by atoms with E-state index in [1.807, 2.05) is 13.0 Å². The first kappa shape index (κ1) is 14.4. The highest BCUT2D eigenvalue weighted by atomic mass is 32.1. The van der Waals surface area contributed by atoms with Crippen LogP contribution in [0.1, 0.15) is 41.4 Å². The molecule has 1 aliphatic rings. The Bertz CT molecular complexity index is 677. The van der Waals surface area contributed by atoms with E-state index in [0.717, 1.165) is 22.5 Å². The van der Waals surface area contributed by atoms with Gasteiger partial charge < -0.3 is 11.1 Å². The highest BCUT2D eigenvalue weighted by Crippen LogP contribution is 2.34. The van der Waals surface area contributed by atoms with Crippen molar-refractivity contribution in [1.29, 1.82) is 0 Å². The number of nitrogens with one attached hydrogen (secondary N) is 1. The molecule has 2 atom stereocenters. The Hall–Kier alpha value is -1.55. The van der Waals surface area contributed by atoms with E-state index in [9.17, 15) is 4.79 Å². The van der Waals surface area contributed by atoms with Crippen LogP contribution in [0.3, 0.4) is 0 Å². The first-order valence-electron chi connectivity index (χ1n) is 7.61. The van der Waals surface area contributed by atoms with Gasteiger partial charge in [-0.15, -0.1) is 11.3 Å². The van der Waals surface area contributed by atoms with E-state index in [4.69, 9.17) is 5.73 Å². The summed E-state index contributed by atoms with van der Waals surface area (Å²) >= 11 is 1.49. The number of nitrogen functional groups attached to an aromatic ring is 1. The molecule has 4 heteroatoms. The smallest absolute Gasteiger partial charge is 0.263 e. The summed E-state index contributed by atoms with van der Waals surface area (Å²) in [4.78, 5) is 13.0. The van der Waals surface area contributed by atoms with Gasteiger partial charge in [0.25, 0.3) is 5.91 Å². The second-order valence-corrected chi connectivity index (χ2v) is 7.39. The van der Waals surface area contributed by atoms with E-state index in [-0.39, 0.29) is 5.91 Å². The van der Waals surface area contributed by atoms with Gasteiger partial charge in [0.1, 0.15) is 4.88 Å². The molecular weight excluding hydrogens is 280 g/mol. The van der Waals surface area contributed by atoms with E-state index in [0.29, 0.717) is 16.5 Å². The van der Waals surface area contributed by atoms with Crippen LogP contribution in [0.15, 0.2) is 18.2 Å². The summed E-state index contributed by atoms with van der Waals surface area (Å²) in [5.74, 6) is 1.40. The minimum Gasteiger partial charge on any atom is -0.397 e. The van der Waals surface area contributed by atoms with E-state index in [1.54, 1.807) is 0 Å². The van der Waals surface area contributed by atoms with Gasteiger partial charge in [-0.25, -0.2) is 0 Å². The molecule has 1 saturated carbocycles. The molecule has 1 aliphatic carbocycles. The average molecular weight is 302 g/mol. The Morgan fingerprint density at radius 3 is 2.95 bits per heavy atom.